The maximum atomic E-state index is 10.8. The van der Waals surface area contributed by atoms with E-state index >= 15 is 0 Å². The summed E-state index contributed by atoms with van der Waals surface area (Å²) in [6.07, 6.45) is 0. The summed E-state index contributed by atoms with van der Waals surface area (Å²) in [4.78, 5) is 0. The Hall–Kier alpha value is 1.05. The average Bonchev–Trinajstić information content (AvgIpc) is 2.08. The lowest BCUT2D eigenvalue weighted by molar-refractivity contribution is 0.482. The van der Waals surface area contributed by atoms with Crippen LogP contribution >= 0.6 is 63.7 Å². The number of benzene rings is 1. The predicted molar refractivity (Wildman–Crippen MR) is 72.5 cm³/mol. The smallest absolute Gasteiger partial charge is 0.269 e. The van der Waals surface area contributed by atoms with Gasteiger partial charge in [0.15, 0.2) is 0 Å². The predicted octanol–water partition coefficient (Wildman–Crippen LogP) is 4.12. The van der Waals surface area contributed by atoms with E-state index in [0.717, 1.165) is 4.47 Å². The fraction of sp³-hybridized carbons (Fsp3) is 0.143. The molecular formula is C7H4Br4O3S. The zero-order valence-corrected chi connectivity index (χ0v) is 14.1. The minimum absolute atomic E-state index is 0.432. The molecule has 0 aliphatic heterocycles. The van der Waals surface area contributed by atoms with E-state index < -0.39 is 15.9 Å². The topological polar surface area (TPSA) is 54.4 Å². The highest BCUT2D eigenvalue weighted by molar-refractivity contribution is 9.15. The van der Waals surface area contributed by atoms with Gasteiger partial charge in [0, 0.05) is 17.9 Å². The minimum Gasteiger partial charge on any atom is -0.285 e. The summed E-state index contributed by atoms with van der Waals surface area (Å²) in [5, 5.41) is 0. The lowest BCUT2D eigenvalue weighted by atomic mass is 10.2. The van der Waals surface area contributed by atoms with Gasteiger partial charge in [-0.05, 0) is 75.3 Å². The highest BCUT2D eigenvalue weighted by Crippen LogP contribution is 2.39. The van der Waals surface area contributed by atoms with Gasteiger partial charge in [0.1, 0.15) is 5.75 Å². The number of halogens is 4. The standard InChI is InChI=1S/C7H4Br4O3S/c8-4-1-3(2-15(12,13)14)5(9)7(11)6(4)10/h1H,2H2,(H,12,13,14). The van der Waals surface area contributed by atoms with Crippen LogP contribution in [0.2, 0.25) is 0 Å². The first-order valence-electron chi connectivity index (χ1n) is 3.49. The van der Waals surface area contributed by atoms with Crippen LogP contribution in [-0.2, 0) is 15.9 Å². The van der Waals surface area contributed by atoms with Gasteiger partial charge in [0.05, 0.1) is 0 Å². The van der Waals surface area contributed by atoms with Crippen LogP contribution in [0.4, 0.5) is 0 Å². The molecule has 1 aromatic carbocycles. The summed E-state index contributed by atoms with van der Waals surface area (Å²) >= 11 is 13.1. The molecule has 15 heavy (non-hydrogen) atoms. The molecule has 0 radical (unpaired) electrons. The van der Waals surface area contributed by atoms with Crippen LogP contribution in [-0.4, -0.2) is 13.0 Å². The molecule has 0 bridgehead atoms. The SMILES string of the molecule is O=S(=O)(O)Cc1cc(Br)c(Br)c(Br)c1Br. The Labute approximate surface area is 121 Å². The fourth-order valence-electron chi connectivity index (χ4n) is 0.923. The van der Waals surface area contributed by atoms with E-state index in [1.54, 1.807) is 6.07 Å². The van der Waals surface area contributed by atoms with Gasteiger partial charge in [-0.25, -0.2) is 0 Å². The summed E-state index contributed by atoms with van der Waals surface area (Å²) in [7, 11) is -4.03. The van der Waals surface area contributed by atoms with E-state index in [4.69, 9.17) is 4.55 Å². The molecule has 0 saturated heterocycles. The average molecular weight is 488 g/mol. The third kappa shape index (κ3) is 3.78. The van der Waals surface area contributed by atoms with Crippen molar-refractivity contribution in [2.24, 2.45) is 0 Å². The van der Waals surface area contributed by atoms with Crippen molar-refractivity contribution < 1.29 is 13.0 Å². The molecule has 0 unspecified atom stereocenters. The normalized spacial score (nSPS) is 11.8. The van der Waals surface area contributed by atoms with E-state index in [-0.39, 0.29) is 0 Å². The molecule has 0 saturated carbocycles. The fourth-order valence-corrected chi connectivity index (χ4v) is 3.97. The molecular weight excluding hydrogens is 484 g/mol. The summed E-state index contributed by atoms with van der Waals surface area (Å²) in [6.45, 7) is 0. The quantitative estimate of drug-likeness (QED) is 0.388. The number of hydrogen-bond donors (Lipinski definition) is 1. The van der Waals surface area contributed by atoms with Crippen molar-refractivity contribution in [2.45, 2.75) is 5.75 Å². The Morgan fingerprint density at radius 1 is 1.07 bits per heavy atom. The Morgan fingerprint density at radius 3 is 2.07 bits per heavy atom. The van der Waals surface area contributed by atoms with E-state index in [1.165, 1.54) is 0 Å². The molecule has 0 aliphatic carbocycles. The molecule has 1 rings (SSSR count). The third-order valence-corrected chi connectivity index (χ3v) is 6.94. The molecule has 1 N–H and O–H groups in total. The monoisotopic (exact) mass is 484 g/mol. The van der Waals surface area contributed by atoms with Gasteiger partial charge in [-0.1, -0.05) is 0 Å². The Bertz CT molecular complexity index is 497. The minimum atomic E-state index is -4.03. The first-order valence-corrected chi connectivity index (χ1v) is 8.27. The Morgan fingerprint density at radius 2 is 1.60 bits per heavy atom. The van der Waals surface area contributed by atoms with E-state index in [2.05, 4.69) is 63.7 Å². The van der Waals surface area contributed by atoms with Gasteiger partial charge < -0.3 is 0 Å². The van der Waals surface area contributed by atoms with Crippen molar-refractivity contribution in [3.05, 3.63) is 29.5 Å². The molecule has 0 amide bonds. The molecule has 0 spiro atoms. The first-order chi connectivity index (χ1) is 6.72. The van der Waals surface area contributed by atoms with Crippen molar-refractivity contribution in [1.29, 1.82) is 0 Å². The number of hydrogen-bond acceptors (Lipinski definition) is 2. The van der Waals surface area contributed by atoms with Crippen LogP contribution in [0.5, 0.6) is 0 Å². The highest BCUT2D eigenvalue weighted by Gasteiger charge is 2.16. The zero-order chi connectivity index (χ0) is 11.8. The van der Waals surface area contributed by atoms with Crippen LogP contribution in [0.25, 0.3) is 0 Å². The van der Waals surface area contributed by atoms with Gasteiger partial charge in [0.2, 0.25) is 0 Å². The highest BCUT2D eigenvalue weighted by atomic mass is 79.9. The van der Waals surface area contributed by atoms with Gasteiger partial charge >= 0.3 is 0 Å². The van der Waals surface area contributed by atoms with Crippen molar-refractivity contribution in [3.63, 3.8) is 0 Å². The van der Waals surface area contributed by atoms with E-state index in [9.17, 15) is 8.42 Å². The van der Waals surface area contributed by atoms with Crippen molar-refractivity contribution in [1.82, 2.24) is 0 Å². The second-order valence-electron chi connectivity index (χ2n) is 2.69. The van der Waals surface area contributed by atoms with Gasteiger partial charge in [-0.3, -0.25) is 4.55 Å². The summed E-state index contributed by atoms with van der Waals surface area (Å²) in [5.41, 5.74) is 0.472. The zero-order valence-electron chi connectivity index (χ0n) is 6.97. The van der Waals surface area contributed by atoms with Crippen LogP contribution in [0, 0.1) is 0 Å². The van der Waals surface area contributed by atoms with Crippen molar-refractivity contribution >= 4 is 73.8 Å². The lowest BCUT2D eigenvalue weighted by Gasteiger charge is -2.08. The summed E-state index contributed by atoms with van der Waals surface area (Å²) < 4.78 is 33.0. The molecule has 84 valence electrons. The summed E-state index contributed by atoms with van der Waals surface area (Å²) in [5.74, 6) is -0.432. The maximum Gasteiger partial charge on any atom is 0.269 e. The molecule has 0 fully saturated rings. The van der Waals surface area contributed by atoms with Gasteiger partial charge in [-0.2, -0.15) is 8.42 Å². The van der Waals surface area contributed by atoms with Crippen molar-refractivity contribution in [3.8, 4) is 0 Å². The second-order valence-corrected chi connectivity index (χ2v) is 7.37. The first kappa shape index (κ1) is 14.1. The molecule has 0 aromatic heterocycles. The van der Waals surface area contributed by atoms with Crippen molar-refractivity contribution in [2.75, 3.05) is 0 Å². The Kier molecular flexibility index (Phi) is 4.83. The number of rotatable bonds is 2. The molecule has 3 nitrogen and oxygen atoms in total. The molecule has 1 aromatic rings. The lowest BCUT2D eigenvalue weighted by Crippen LogP contribution is -2.02. The van der Waals surface area contributed by atoms with Crippen LogP contribution in [0.1, 0.15) is 5.56 Å². The van der Waals surface area contributed by atoms with E-state index in [0.29, 0.717) is 19.0 Å². The second kappa shape index (κ2) is 5.14. The van der Waals surface area contributed by atoms with Gasteiger partial charge in [-0.15, -0.1) is 0 Å². The third-order valence-electron chi connectivity index (χ3n) is 1.52. The van der Waals surface area contributed by atoms with Crippen LogP contribution in [0.3, 0.4) is 0 Å². The maximum absolute atomic E-state index is 10.8. The van der Waals surface area contributed by atoms with Crippen LogP contribution < -0.4 is 0 Å². The molecule has 0 atom stereocenters. The van der Waals surface area contributed by atoms with E-state index in [1.807, 2.05) is 0 Å². The summed E-state index contributed by atoms with van der Waals surface area (Å²) in [6, 6.07) is 1.62. The molecule has 0 heterocycles. The molecule has 8 heteroatoms. The molecule has 0 aliphatic rings. The largest absolute Gasteiger partial charge is 0.285 e. The van der Waals surface area contributed by atoms with Gasteiger partial charge in [0.25, 0.3) is 10.1 Å². The van der Waals surface area contributed by atoms with Crippen LogP contribution in [0.15, 0.2) is 24.0 Å². The Balaban J connectivity index is 3.33.